The van der Waals surface area contributed by atoms with E-state index in [9.17, 15) is 19.2 Å². The second-order valence-corrected chi connectivity index (χ2v) is 11.9. The van der Waals surface area contributed by atoms with E-state index in [0.29, 0.717) is 25.8 Å². The van der Waals surface area contributed by atoms with Gasteiger partial charge in [0.25, 0.3) is 0 Å². The Kier molecular flexibility index (Phi) is 12.6. The number of nitrogens with zero attached hydrogens (tertiary/aromatic N) is 2. The van der Waals surface area contributed by atoms with E-state index in [-0.39, 0.29) is 36.1 Å². The molecule has 2 aliphatic rings. The van der Waals surface area contributed by atoms with Crippen LogP contribution in [-0.2, 0) is 32.0 Å². The molecule has 4 amide bonds. The number of rotatable bonds is 14. The van der Waals surface area contributed by atoms with E-state index in [4.69, 9.17) is 4.74 Å². The number of carbonyl (C=O) groups is 4. The highest BCUT2D eigenvalue weighted by molar-refractivity contribution is 5.94. The van der Waals surface area contributed by atoms with Crippen LogP contribution in [-0.4, -0.2) is 78.8 Å². The van der Waals surface area contributed by atoms with Crippen LogP contribution < -0.4 is 20.7 Å². The fourth-order valence-electron chi connectivity index (χ4n) is 5.97. The van der Waals surface area contributed by atoms with Crippen LogP contribution in [0.25, 0.3) is 0 Å². The van der Waals surface area contributed by atoms with Crippen molar-refractivity contribution in [2.75, 3.05) is 27.2 Å². The summed E-state index contributed by atoms with van der Waals surface area (Å²) in [7, 11) is 3.31. The molecule has 0 saturated heterocycles. The summed E-state index contributed by atoms with van der Waals surface area (Å²) in [6, 6.07) is 15.7. The van der Waals surface area contributed by atoms with Crippen LogP contribution >= 0.6 is 0 Å². The van der Waals surface area contributed by atoms with Crippen LogP contribution in [0.3, 0.4) is 0 Å². The maximum Gasteiger partial charge on any atom is 0.249 e. The number of ether oxygens (including phenoxy) is 1. The normalized spacial score (nSPS) is 18.3. The predicted octanol–water partition coefficient (Wildman–Crippen LogP) is 3.17. The number of likely N-dealkylation sites (N-methyl/N-ethyl adjacent to an activating group) is 1. The van der Waals surface area contributed by atoms with Gasteiger partial charge in [-0.15, -0.1) is 0 Å². The van der Waals surface area contributed by atoms with E-state index in [0.717, 1.165) is 49.0 Å². The third-order valence-electron chi connectivity index (χ3n) is 8.89. The van der Waals surface area contributed by atoms with Crippen molar-refractivity contribution in [3.8, 4) is 5.75 Å². The van der Waals surface area contributed by atoms with Gasteiger partial charge in [-0.2, -0.15) is 0 Å². The third kappa shape index (κ3) is 9.41. The van der Waals surface area contributed by atoms with Gasteiger partial charge in [0.05, 0.1) is 19.7 Å². The standard InChI is InChI=1S/C35H47N5O5/c1-25(36-2)33(42)38-32(28-12-8-5-9-13-28)34(43)37-24-31(41)40-23-22-39(21-20-26-10-6-4-7-11-26)35(44)30(40)19-16-27-14-17-29(45-3)18-15-27/h4,6-7,10-11,14-15,17-18,22-23,25,28,30,32,36H,5,8-9,12-13,16,19-21,24H2,1-3H3,(H,37,43)(H,38,42)/t25-,30-,32-/m0/s1. The first kappa shape index (κ1) is 33.7. The maximum absolute atomic E-state index is 13.8. The molecule has 242 valence electrons. The molecule has 1 saturated carbocycles. The van der Waals surface area contributed by atoms with Crippen molar-refractivity contribution in [3.05, 3.63) is 78.1 Å². The van der Waals surface area contributed by atoms with Crippen LogP contribution in [0.1, 0.15) is 56.6 Å². The lowest BCUT2D eigenvalue weighted by Crippen LogP contribution is -2.57. The van der Waals surface area contributed by atoms with Crippen LogP contribution in [0, 0.1) is 5.92 Å². The first-order valence-corrected chi connectivity index (χ1v) is 16.0. The molecule has 0 bridgehead atoms. The van der Waals surface area contributed by atoms with Crippen molar-refractivity contribution >= 4 is 23.6 Å². The Bertz CT molecular complexity index is 1310. The average molecular weight is 618 g/mol. The second kappa shape index (κ2) is 16.8. The third-order valence-corrected chi connectivity index (χ3v) is 8.89. The fraction of sp³-hybridized carbons (Fsp3) is 0.486. The smallest absolute Gasteiger partial charge is 0.249 e. The molecule has 2 aromatic rings. The van der Waals surface area contributed by atoms with Gasteiger partial charge in [-0.1, -0.05) is 61.7 Å². The van der Waals surface area contributed by atoms with Crippen molar-refractivity contribution in [1.82, 2.24) is 25.8 Å². The summed E-state index contributed by atoms with van der Waals surface area (Å²) in [5.41, 5.74) is 2.15. The van der Waals surface area contributed by atoms with E-state index in [1.54, 1.807) is 38.4 Å². The minimum absolute atomic E-state index is 0.00809. The predicted molar refractivity (Wildman–Crippen MR) is 173 cm³/mol. The number of hydrogen-bond acceptors (Lipinski definition) is 6. The van der Waals surface area contributed by atoms with Crippen LogP contribution in [0.2, 0.25) is 0 Å². The van der Waals surface area contributed by atoms with Gasteiger partial charge in [0, 0.05) is 18.9 Å². The molecule has 0 spiro atoms. The molecule has 1 fully saturated rings. The van der Waals surface area contributed by atoms with Gasteiger partial charge < -0.3 is 30.5 Å². The Morgan fingerprint density at radius 2 is 1.60 bits per heavy atom. The minimum Gasteiger partial charge on any atom is -0.497 e. The second-order valence-electron chi connectivity index (χ2n) is 11.9. The van der Waals surface area contributed by atoms with Gasteiger partial charge in [-0.05, 0) is 75.3 Å². The molecule has 10 nitrogen and oxygen atoms in total. The molecule has 2 aromatic carbocycles. The topological polar surface area (TPSA) is 120 Å². The van der Waals surface area contributed by atoms with Crippen LogP contribution in [0.4, 0.5) is 0 Å². The maximum atomic E-state index is 13.8. The molecule has 0 unspecified atom stereocenters. The fourth-order valence-corrected chi connectivity index (χ4v) is 5.97. The molecule has 1 aliphatic carbocycles. The largest absolute Gasteiger partial charge is 0.497 e. The summed E-state index contributed by atoms with van der Waals surface area (Å²) in [5, 5.41) is 8.61. The Balaban J connectivity index is 1.45. The van der Waals surface area contributed by atoms with E-state index >= 15 is 0 Å². The van der Waals surface area contributed by atoms with Gasteiger partial charge in [0.2, 0.25) is 23.6 Å². The lowest BCUT2D eigenvalue weighted by molar-refractivity contribution is -0.143. The summed E-state index contributed by atoms with van der Waals surface area (Å²) in [5.74, 6) is -0.415. The van der Waals surface area contributed by atoms with Crippen molar-refractivity contribution in [1.29, 1.82) is 0 Å². The van der Waals surface area contributed by atoms with Gasteiger partial charge in [0.1, 0.15) is 17.8 Å². The molecule has 3 atom stereocenters. The first-order chi connectivity index (χ1) is 21.8. The lowest BCUT2D eigenvalue weighted by atomic mass is 9.83. The molecule has 3 N–H and O–H groups in total. The average Bonchev–Trinajstić information content (AvgIpc) is 3.08. The van der Waals surface area contributed by atoms with E-state index in [1.165, 1.54) is 4.90 Å². The van der Waals surface area contributed by atoms with Crippen LogP contribution in [0.15, 0.2) is 67.0 Å². The molecular weight excluding hydrogens is 570 g/mol. The first-order valence-electron chi connectivity index (χ1n) is 16.0. The number of aryl methyl sites for hydroxylation is 1. The van der Waals surface area contributed by atoms with Crippen molar-refractivity contribution in [3.63, 3.8) is 0 Å². The monoisotopic (exact) mass is 617 g/mol. The summed E-state index contributed by atoms with van der Waals surface area (Å²) < 4.78 is 5.26. The van der Waals surface area contributed by atoms with Gasteiger partial charge in [-0.3, -0.25) is 19.2 Å². The zero-order valence-electron chi connectivity index (χ0n) is 26.7. The van der Waals surface area contributed by atoms with E-state index in [1.807, 2.05) is 54.6 Å². The molecule has 45 heavy (non-hydrogen) atoms. The zero-order valence-corrected chi connectivity index (χ0v) is 26.7. The van der Waals surface area contributed by atoms with Crippen molar-refractivity contribution < 1.29 is 23.9 Å². The quantitative estimate of drug-likeness (QED) is 0.300. The number of carbonyl (C=O) groups excluding carboxylic acids is 4. The summed E-state index contributed by atoms with van der Waals surface area (Å²) in [6.07, 6.45) is 9.78. The Labute approximate surface area is 266 Å². The number of methoxy groups -OCH3 is 1. The summed E-state index contributed by atoms with van der Waals surface area (Å²) in [4.78, 5) is 56.6. The Hall–Kier alpha value is -4.18. The molecule has 0 aromatic heterocycles. The van der Waals surface area contributed by atoms with Gasteiger partial charge in [-0.25, -0.2) is 0 Å². The van der Waals surface area contributed by atoms with Crippen molar-refractivity contribution in [2.24, 2.45) is 5.92 Å². The SMILES string of the molecule is CN[C@@H](C)C(=O)N[C@H](C(=O)NCC(=O)N1C=CN(CCc2ccccc2)C(=O)[C@@H]1CCc1ccc(OC)cc1)C1CCCCC1. The number of nitrogens with one attached hydrogen (secondary N) is 3. The zero-order chi connectivity index (χ0) is 32.2. The molecule has 4 rings (SSSR count). The Morgan fingerprint density at radius 3 is 2.27 bits per heavy atom. The highest BCUT2D eigenvalue weighted by Crippen LogP contribution is 2.27. The lowest BCUT2D eigenvalue weighted by Gasteiger charge is -2.36. The van der Waals surface area contributed by atoms with Crippen LogP contribution in [0.5, 0.6) is 5.75 Å². The molecule has 1 aliphatic heterocycles. The molecule has 0 radical (unpaired) electrons. The van der Waals surface area contributed by atoms with E-state index < -0.39 is 18.1 Å². The van der Waals surface area contributed by atoms with Gasteiger partial charge in [0.15, 0.2) is 0 Å². The summed E-state index contributed by atoms with van der Waals surface area (Å²) in [6.45, 7) is 1.95. The molecular formula is C35H47N5O5. The Morgan fingerprint density at radius 1 is 0.911 bits per heavy atom. The molecule has 10 heteroatoms. The number of amides is 4. The number of benzene rings is 2. The minimum atomic E-state index is -0.723. The number of hydrogen-bond donors (Lipinski definition) is 3. The highest BCUT2D eigenvalue weighted by atomic mass is 16.5. The summed E-state index contributed by atoms with van der Waals surface area (Å²) >= 11 is 0. The van der Waals surface area contributed by atoms with Gasteiger partial charge >= 0.3 is 0 Å². The van der Waals surface area contributed by atoms with Crippen molar-refractivity contribution in [2.45, 2.75) is 76.4 Å². The molecule has 1 heterocycles. The van der Waals surface area contributed by atoms with E-state index in [2.05, 4.69) is 16.0 Å². The highest BCUT2D eigenvalue weighted by Gasteiger charge is 2.36.